The second-order valence-corrected chi connectivity index (χ2v) is 8.21. The monoisotopic (exact) mass is 480 g/mol. The van der Waals surface area contributed by atoms with Gasteiger partial charge in [0.1, 0.15) is 5.75 Å². The first kappa shape index (κ1) is 25.1. The van der Waals surface area contributed by atoms with Crippen molar-refractivity contribution in [3.05, 3.63) is 111 Å². The molecular weight excluding hydrogens is 456 g/mol. The Kier molecular flexibility index (Phi) is 8.54. The molecule has 1 heterocycles. The van der Waals surface area contributed by atoms with Crippen LogP contribution in [-0.4, -0.2) is 31.3 Å². The predicted molar refractivity (Wildman–Crippen MR) is 132 cm³/mol. The number of hydrogen-bond acceptors (Lipinski definition) is 6. The fraction of sp³-hybridized carbons (Fsp3) is 0.192. The maximum absolute atomic E-state index is 10.9. The average molecular weight is 481 g/mol. The van der Waals surface area contributed by atoms with Crippen molar-refractivity contribution < 1.29 is 20.2 Å². The minimum Gasteiger partial charge on any atom is -0.508 e. The van der Waals surface area contributed by atoms with Crippen LogP contribution in [0.2, 0.25) is 5.02 Å². The van der Waals surface area contributed by atoms with Crippen LogP contribution in [0.5, 0.6) is 5.75 Å². The zero-order chi connectivity index (χ0) is 24.7. The summed E-state index contributed by atoms with van der Waals surface area (Å²) in [6, 6.07) is 15.8. The molecule has 0 unspecified atom stereocenters. The molecule has 3 rings (SSSR count). The van der Waals surface area contributed by atoms with Gasteiger partial charge in [-0.3, -0.25) is 15.1 Å². The highest BCUT2D eigenvalue weighted by atomic mass is 35.5. The van der Waals surface area contributed by atoms with Gasteiger partial charge in [-0.05, 0) is 78.1 Å². The second kappa shape index (κ2) is 11.6. The van der Waals surface area contributed by atoms with E-state index in [0.717, 1.165) is 5.57 Å². The Morgan fingerprint density at radius 2 is 1.88 bits per heavy atom. The predicted octanol–water partition coefficient (Wildman–Crippen LogP) is 5.57. The minimum absolute atomic E-state index is 0.0611. The number of allylic oxidation sites excluding steroid dienone is 1. The van der Waals surface area contributed by atoms with E-state index in [4.69, 9.17) is 11.6 Å². The van der Waals surface area contributed by atoms with Gasteiger partial charge >= 0.3 is 0 Å². The van der Waals surface area contributed by atoms with Crippen LogP contribution in [0, 0.1) is 16.0 Å². The van der Waals surface area contributed by atoms with E-state index in [-0.39, 0.29) is 11.4 Å². The van der Waals surface area contributed by atoms with Crippen LogP contribution < -0.4 is 0 Å². The summed E-state index contributed by atoms with van der Waals surface area (Å²) in [7, 11) is 0. The number of benzene rings is 2. The number of nitro benzene ring substituents is 1. The molecule has 3 aromatic rings. The Morgan fingerprint density at radius 3 is 2.47 bits per heavy atom. The van der Waals surface area contributed by atoms with Crippen LogP contribution in [0.25, 0.3) is 11.6 Å². The lowest BCUT2D eigenvalue weighted by Gasteiger charge is -2.25. The molecule has 8 heteroatoms. The molecule has 0 bridgehead atoms. The zero-order valence-electron chi connectivity index (χ0n) is 18.3. The zero-order valence-corrected chi connectivity index (χ0v) is 19.0. The molecule has 0 saturated carbocycles. The number of hydrogen-bond donors (Lipinski definition) is 3. The number of halogens is 1. The van der Waals surface area contributed by atoms with Crippen LogP contribution in [0.15, 0.2) is 79.5 Å². The molecular formula is C26H25ClN2O5. The molecule has 0 aliphatic rings. The highest BCUT2D eigenvalue weighted by Gasteiger charge is 2.26. The van der Waals surface area contributed by atoms with Gasteiger partial charge in [-0.1, -0.05) is 23.7 Å². The first-order valence-electron chi connectivity index (χ1n) is 10.6. The van der Waals surface area contributed by atoms with E-state index in [1.807, 2.05) is 18.2 Å². The summed E-state index contributed by atoms with van der Waals surface area (Å²) in [6.45, 7) is 3.75. The SMILES string of the molecule is C=C[C@H]([C@H](O)CC/C(=C/c1ccc(O)cc1Cl)c1ccccn1)[C@H](O)c1ccc([N+](=O)[O-])cc1. The van der Waals surface area contributed by atoms with Crippen LogP contribution in [-0.2, 0) is 0 Å². The van der Waals surface area contributed by atoms with E-state index in [1.54, 1.807) is 18.3 Å². The lowest BCUT2D eigenvalue weighted by molar-refractivity contribution is -0.384. The van der Waals surface area contributed by atoms with Crippen molar-refractivity contribution in [3.8, 4) is 5.75 Å². The van der Waals surface area contributed by atoms with Crippen LogP contribution in [0.1, 0.15) is 35.8 Å². The number of phenols is 1. The van der Waals surface area contributed by atoms with Crippen molar-refractivity contribution in [2.45, 2.75) is 25.0 Å². The number of aromatic nitrogens is 1. The van der Waals surface area contributed by atoms with Gasteiger partial charge in [0.2, 0.25) is 0 Å². The summed E-state index contributed by atoms with van der Waals surface area (Å²) in [4.78, 5) is 14.8. The number of aromatic hydroxyl groups is 1. The molecule has 0 fully saturated rings. The first-order chi connectivity index (χ1) is 16.3. The third kappa shape index (κ3) is 6.29. The van der Waals surface area contributed by atoms with Gasteiger partial charge in [0.25, 0.3) is 5.69 Å². The van der Waals surface area contributed by atoms with Crippen molar-refractivity contribution in [1.82, 2.24) is 4.98 Å². The van der Waals surface area contributed by atoms with Crippen molar-refractivity contribution in [1.29, 1.82) is 0 Å². The number of pyridine rings is 1. The summed E-state index contributed by atoms with van der Waals surface area (Å²) in [5.41, 5.74) is 2.60. The van der Waals surface area contributed by atoms with Gasteiger partial charge in [-0.25, -0.2) is 0 Å². The van der Waals surface area contributed by atoms with E-state index in [9.17, 15) is 25.4 Å². The Bertz CT molecular complexity index is 1170. The summed E-state index contributed by atoms with van der Waals surface area (Å²) >= 11 is 6.27. The van der Waals surface area contributed by atoms with Gasteiger partial charge in [0.05, 0.1) is 27.8 Å². The molecule has 3 atom stereocenters. The normalized spacial score (nSPS) is 14.3. The summed E-state index contributed by atoms with van der Waals surface area (Å²) < 4.78 is 0. The van der Waals surface area contributed by atoms with Gasteiger partial charge < -0.3 is 15.3 Å². The molecule has 0 saturated heterocycles. The fourth-order valence-electron chi connectivity index (χ4n) is 3.66. The molecule has 0 amide bonds. The third-order valence-electron chi connectivity index (χ3n) is 5.54. The van der Waals surface area contributed by atoms with Crippen molar-refractivity contribution in [3.63, 3.8) is 0 Å². The third-order valence-corrected chi connectivity index (χ3v) is 5.87. The van der Waals surface area contributed by atoms with E-state index < -0.39 is 23.0 Å². The smallest absolute Gasteiger partial charge is 0.269 e. The maximum Gasteiger partial charge on any atom is 0.269 e. The Hall–Kier alpha value is -3.52. The number of rotatable bonds is 10. The number of aliphatic hydroxyl groups excluding tert-OH is 2. The molecule has 7 nitrogen and oxygen atoms in total. The first-order valence-corrected chi connectivity index (χ1v) is 11.0. The molecule has 176 valence electrons. The van der Waals surface area contributed by atoms with E-state index in [0.29, 0.717) is 34.7 Å². The summed E-state index contributed by atoms with van der Waals surface area (Å²) in [5, 5.41) is 42.6. The second-order valence-electron chi connectivity index (χ2n) is 7.80. The van der Waals surface area contributed by atoms with Gasteiger partial charge in [-0.15, -0.1) is 6.58 Å². The van der Waals surface area contributed by atoms with Gasteiger partial charge in [0.15, 0.2) is 0 Å². The number of nitro groups is 1. The number of phenolic OH excluding ortho intramolecular Hbond substituents is 1. The number of non-ortho nitro benzene ring substituents is 1. The Labute approximate surface area is 202 Å². The topological polar surface area (TPSA) is 117 Å². The molecule has 0 aliphatic heterocycles. The lowest BCUT2D eigenvalue weighted by atomic mass is 9.87. The standard InChI is InChI=1S/C26H25ClN2O5/c1-2-22(26(32)17-6-10-20(11-7-17)29(33)34)25(31)13-9-19(24-5-3-4-14-28-24)15-18-8-12-21(30)16-23(18)27/h2-8,10-12,14-16,22,25-26,30-32H,1,9,13H2/b19-15-/t22-,25-,26-/m1/s1. The van der Waals surface area contributed by atoms with Gasteiger partial charge in [-0.2, -0.15) is 0 Å². The molecule has 2 aromatic carbocycles. The lowest BCUT2D eigenvalue weighted by Crippen LogP contribution is -2.25. The quantitative estimate of drug-likeness (QED) is 0.198. The highest BCUT2D eigenvalue weighted by molar-refractivity contribution is 6.32. The molecule has 0 spiro atoms. The molecule has 0 aliphatic carbocycles. The minimum atomic E-state index is -1.08. The fourth-order valence-corrected chi connectivity index (χ4v) is 3.88. The molecule has 0 radical (unpaired) electrons. The van der Waals surface area contributed by atoms with Crippen LogP contribution >= 0.6 is 11.6 Å². The number of nitrogens with zero attached hydrogens (tertiary/aromatic N) is 2. The maximum atomic E-state index is 10.9. The molecule has 3 N–H and O–H groups in total. The van der Waals surface area contributed by atoms with Crippen molar-refractivity contribution in [2.75, 3.05) is 0 Å². The highest BCUT2D eigenvalue weighted by Crippen LogP contribution is 2.32. The van der Waals surface area contributed by atoms with E-state index in [2.05, 4.69) is 11.6 Å². The van der Waals surface area contributed by atoms with Crippen molar-refractivity contribution >= 4 is 28.9 Å². The summed E-state index contributed by atoms with van der Waals surface area (Å²) in [6.07, 6.45) is 3.70. The van der Waals surface area contributed by atoms with E-state index >= 15 is 0 Å². The largest absolute Gasteiger partial charge is 0.508 e. The summed E-state index contributed by atoms with van der Waals surface area (Å²) in [5.74, 6) is -0.630. The number of aliphatic hydroxyl groups is 2. The van der Waals surface area contributed by atoms with Crippen LogP contribution in [0.4, 0.5) is 5.69 Å². The van der Waals surface area contributed by atoms with E-state index in [1.165, 1.54) is 42.5 Å². The Morgan fingerprint density at radius 1 is 1.15 bits per heavy atom. The Balaban J connectivity index is 1.79. The molecule has 1 aromatic heterocycles. The van der Waals surface area contributed by atoms with Gasteiger partial charge in [0, 0.05) is 24.2 Å². The average Bonchev–Trinajstić information content (AvgIpc) is 2.84. The van der Waals surface area contributed by atoms with Crippen LogP contribution in [0.3, 0.4) is 0 Å². The molecule has 34 heavy (non-hydrogen) atoms. The van der Waals surface area contributed by atoms with Crippen molar-refractivity contribution in [2.24, 2.45) is 5.92 Å².